The van der Waals surface area contributed by atoms with Gasteiger partial charge in [0.2, 0.25) is 0 Å². The highest BCUT2D eigenvalue weighted by atomic mass is 16.5. The van der Waals surface area contributed by atoms with E-state index in [0.29, 0.717) is 23.9 Å². The Hall–Kier alpha value is -1.62. The normalized spacial score (nSPS) is 12.9. The van der Waals surface area contributed by atoms with Crippen LogP contribution in [0.1, 0.15) is 24.9 Å². The SMILES string of the molecule is CCC(N)Cc1noc(-c2ccc(C)o2)n1. The van der Waals surface area contributed by atoms with E-state index in [1.165, 1.54) is 0 Å². The van der Waals surface area contributed by atoms with Gasteiger partial charge in [0.1, 0.15) is 5.76 Å². The summed E-state index contributed by atoms with van der Waals surface area (Å²) in [6.45, 7) is 3.90. The van der Waals surface area contributed by atoms with Crippen LogP contribution in [-0.2, 0) is 6.42 Å². The molecule has 1 atom stereocenters. The number of nitrogens with two attached hydrogens (primary N) is 1. The number of furan rings is 1. The molecule has 0 fully saturated rings. The lowest BCUT2D eigenvalue weighted by Gasteiger charge is -2.02. The van der Waals surface area contributed by atoms with Crippen molar-refractivity contribution in [1.82, 2.24) is 10.1 Å². The molecule has 86 valence electrons. The number of rotatable bonds is 4. The highest BCUT2D eigenvalue weighted by Gasteiger charge is 2.13. The summed E-state index contributed by atoms with van der Waals surface area (Å²) in [5.41, 5.74) is 5.81. The lowest BCUT2D eigenvalue weighted by Crippen LogP contribution is -2.21. The van der Waals surface area contributed by atoms with Crippen molar-refractivity contribution in [3.05, 3.63) is 23.7 Å². The van der Waals surface area contributed by atoms with E-state index < -0.39 is 0 Å². The minimum Gasteiger partial charge on any atom is -0.456 e. The molecule has 2 rings (SSSR count). The molecule has 0 radical (unpaired) electrons. The molecule has 0 bridgehead atoms. The molecule has 0 saturated heterocycles. The summed E-state index contributed by atoms with van der Waals surface area (Å²) >= 11 is 0. The predicted octanol–water partition coefficient (Wildman–Crippen LogP) is 1.92. The third-order valence-corrected chi connectivity index (χ3v) is 2.39. The Bertz CT molecular complexity index is 461. The number of aryl methyl sites for hydroxylation is 1. The van der Waals surface area contributed by atoms with Crippen LogP contribution in [0.15, 0.2) is 21.1 Å². The van der Waals surface area contributed by atoms with Gasteiger partial charge in [-0.05, 0) is 25.5 Å². The molecule has 2 aromatic rings. The first-order valence-electron chi connectivity index (χ1n) is 5.34. The summed E-state index contributed by atoms with van der Waals surface area (Å²) in [6, 6.07) is 3.74. The molecule has 2 heterocycles. The van der Waals surface area contributed by atoms with Crippen LogP contribution < -0.4 is 5.73 Å². The van der Waals surface area contributed by atoms with Gasteiger partial charge in [0.25, 0.3) is 5.89 Å². The van der Waals surface area contributed by atoms with Crippen molar-refractivity contribution in [2.75, 3.05) is 0 Å². The molecule has 2 aromatic heterocycles. The van der Waals surface area contributed by atoms with Crippen molar-refractivity contribution in [3.63, 3.8) is 0 Å². The molecular formula is C11H15N3O2. The first-order valence-corrected chi connectivity index (χ1v) is 5.34. The van der Waals surface area contributed by atoms with E-state index in [-0.39, 0.29) is 6.04 Å². The van der Waals surface area contributed by atoms with Crippen molar-refractivity contribution in [1.29, 1.82) is 0 Å². The Labute approximate surface area is 93.6 Å². The Morgan fingerprint density at radius 3 is 2.88 bits per heavy atom. The van der Waals surface area contributed by atoms with E-state index in [1.807, 2.05) is 26.0 Å². The Kier molecular flexibility index (Phi) is 3.05. The average molecular weight is 221 g/mol. The topological polar surface area (TPSA) is 78.1 Å². The molecule has 5 nitrogen and oxygen atoms in total. The number of aromatic nitrogens is 2. The maximum atomic E-state index is 5.81. The molecule has 5 heteroatoms. The molecule has 0 aromatic carbocycles. The van der Waals surface area contributed by atoms with Gasteiger partial charge in [-0.3, -0.25) is 0 Å². The first kappa shape index (κ1) is 10.9. The molecule has 0 spiro atoms. The summed E-state index contributed by atoms with van der Waals surface area (Å²) in [5.74, 6) is 2.45. The first-order chi connectivity index (χ1) is 7.69. The maximum absolute atomic E-state index is 5.81. The zero-order valence-corrected chi connectivity index (χ0v) is 9.43. The standard InChI is InChI=1S/C11H15N3O2/c1-3-8(12)6-10-13-11(16-14-10)9-5-4-7(2)15-9/h4-5,8H,3,6,12H2,1-2H3. The molecule has 0 aliphatic carbocycles. The van der Waals surface area contributed by atoms with Crippen molar-refractivity contribution >= 4 is 0 Å². The van der Waals surface area contributed by atoms with Crippen LogP contribution in [0.5, 0.6) is 0 Å². The van der Waals surface area contributed by atoms with Crippen LogP contribution in [0.3, 0.4) is 0 Å². The molecule has 0 aliphatic heterocycles. The molecule has 0 amide bonds. The predicted molar refractivity (Wildman–Crippen MR) is 58.7 cm³/mol. The third kappa shape index (κ3) is 2.30. The van der Waals surface area contributed by atoms with E-state index in [0.717, 1.165) is 12.2 Å². The number of nitrogens with zero attached hydrogens (tertiary/aromatic N) is 2. The van der Waals surface area contributed by atoms with Crippen LogP contribution >= 0.6 is 0 Å². The van der Waals surface area contributed by atoms with Crippen molar-refractivity contribution in [3.8, 4) is 11.7 Å². The fraction of sp³-hybridized carbons (Fsp3) is 0.455. The van der Waals surface area contributed by atoms with Gasteiger partial charge in [0.05, 0.1) is 0 Å². The van der Waals surface area contributed by atoms with Gasteiger partial charge in [-0.15, -0.1) is 0 Å². The summed E-state index contributed by atoms with van der Waals surface area (Å²) < 4.78 is 10.5. The van der Waals surface area contributed by atoms with Gasteiger partial charge in [-0.25, -0.2) is 0 Å². The fourth-order valence-electron chi connectivity index (χ4n) is 1.37. The van der Waals surface area contributed by atoms with E-state index in [2.05, 4.69) is 10.1 Å². The molecular weight excluding hydrogens is 206 g/mol. The Morgan fingerprint density at radius 1 is 1.44 bits per heavy atom. The highest BCUT2D eigenvalue weighted by Crippen LogP contribution is 2.19. The van der Waals surface area contributed by atoms with E-state index in [4.69, 9.17) is 14.7 Å². The zero-order valence-electron chi connectivity index (χ0n) is 9.43. The second kappa shape index (κ2) is 4.49. The van der Waals surface area contributed by atoms with Crippen LogP contribution in [0.4, 0.5) is 0 Å². The van der Waals surface area contributed by atoms with Crippen molar-refractivity contribution < 1.29 is 8.94 Å². The van der Waals surface area contributed by atoms with Gasteiger partial charge in [0.15, 0.2) is 11.6 Å². The summed E-state index contributed by atoms with van der Waals surface area (Å²) in [6.07, 6.45) is 1.52. The molecule has 16 heavy (non-hydrogen) atoms. The van der Waals surface area contributed by atoms with E-state index in [1.54, 1.807) is 0 Å². The van der Waals surface area contributed by atoms with Gasteiger partial charge >= 0.3 is 0 Å². The summed E-state index contributed by atoms with van der Waals surface area (Å²) in [5, 5.41) is 3.86. The van der Waals surface area contributed by atoms with Gasteiger partial charge in [0, 0.05) is 12.5 Å². The van der Waals surface area contributed by atoms with Crippen molar-refractivity contribution in [2.45, 2.75) is 32.7 Å². The fourth-order valence-corrected chi connectivity index (χ4v) is 1.37. The average Bonchev–Trinajstić information content (AvgIpc) is 2.87. The van der Waals surface area contributed by atoms with Crippen LogP contribution in [0.2, 0.25) is 0 Å². The second-order valence-corrected chi connectivity index (χ2v) is 3.80. The molecule has 0 saturated carbocycles. The minimum atomic E-state index is 0.0730. The van der Waals surface area contributed by atoms with E-state index in [9.17, 15) is 0 Å². The van der Waals surface area contributed by atoms with E-state index >= 15 is 0 Å². The monoisotopic (exact) mass is 221 g/mol. The van der Waals surface area contributed by atoms with Gasteiger partial charge in [-0.2, -0.15) is 4.98 Å². The maximum Gasteiger partial charge on any atom is 0.293 e. The Morgan fingerprint density at radius 2 is 2.25 bits per heavy atom. The summed E-state index contributed by atoms with van der Waals surface area (Å²) in [4.78, 5) is 4.23. The smallest absolute Gasteiger partial charge is 0.293 e. The third-order valence-electron chi connectivity index (χ3n) is 2.39. The van der Waals surface area contributed by atoms with Crippen LogP contribution in [-0.4, -0.2) is 16.2 Å². The molecule has 0 aliphatic rings. The summed E-state index contributed by atoms with van der Waals surface area (Å²) in [7, 11) is 0. The van der Waals surface area contributed by atoms with Crippen molar-refractivity contribution in [2.24, 2.45) is 5.73 Å². The second-order valence-electron chi connectivity index (χ2n) is 3.80. The van der Waals surface area contributed by atoms with Gasteiger partial charge in [-0.1, -0.05) is 12.1 Å². The van der Waals surface area contributed by atoms with Crippen LogP contribution in [0, 0.1) is 6.92 Å². The minimum absolute atomic E-state index is 0.0730. The number of hydrogen-bond donors (Lipinski definition) is 1. The number of hydrogen-bond acceptors (Lipinski definition) is 5. The lowest BCUT2D eigenvalue weighted by atomic mass is 10.2. The largest absolute Gasteiger partial charge is 0.456 e. The molecule has 2 N–H and O–H groups in total. The van der Waals surface area contributed by atoms with Gasteiger partial charge < -0.3 is 14.7 Å². The lowest BCUT2D eigenvalue weighted by molar-refractivity contribution is 0.404. The zero-order chi connectivity index (χ0) is 11.5. The van der Waals surface area contributed by atoms with Crippen LogP contribution in [0.25, 0.3) is 11.7 Å². The quantitative estimate of drug-likeness (QED) is 0.853. The molecule has 1 unspecified atom stereocenters. The highest BCUT2D eigenvalue weighted by molar-refractivity contribution is 5.43. The Balaban J connectivity index is 2.13.